The van der Waals surface area contributed by atoms with E-state index in [1.54, 1.807) is 45.9 Å². The first-order valence-corrected chi connectivity index (χ1v) is 22.3. The molecule has 9 atom stereocenters. The van der Waals surface area contributed by atoms with Gasteiger partial charge in [0.25, 0.3) is 5.91 Å². The highest BCUT2D eigenvalue weighted by Crippen LogP contribution is 2.42. The number of amides is 1. The molecule has 0 aliphatic carbocycles. The predicted octanol–water partition coefficient (Wildman–Crippen LogP) is 4.77. The number of allylic oxidation sites excluding steroid dienone is 2. The van der Waals surface area contributed by atoms with Gasteiger partial charge in [-0.05, 0) is 25.8 Å². The molecule has 1 aromatic heterocycles. The van der Waals surface area contributed by atoms with Crippen molar-refractivity contribution in [3.05, 3.63) is 79.5 Å². The van der Waals surface area contributed by atoms with Crippen LogP contribution >= 0.6 is 0 Å². The second-order valence-electron chi connectivity index (χ2n) is 18.6. The normalized spacial score (nSPS) is 30.4. The fourth-order valence-electron chi connectivity index (χ4n) is 9.37. The van der Waals surface area contributed by atoms with Crippen LogP contribution in [0.3, 0.4) is 0 Å². The average molecular weight is 899 g/mol. The van der Waals surface area contributed by atoms with Gasteiger partial charge in [0.05, 0.1) is 41.3 Å². The number of hydrogen-bond acceptors (Lipinski definition) is 15. The lowest BCUT2D eigenvalue weighted by Gasteiger charge is -2.36. The number of aromatic hydroxyl groups is 1. The summed E-state index contributed by atoms with van der Waals surface area (Å²) in [6.45, 7) is 19.5. The molecule has 7 rings (SSSR count). The number of nitrogens with zero attached hydrogens (tertiary/aromatic N) is 3. The minimum Gasteiger partial charge on any atom is -0.507 e. The van der Waals surface area contributed by atoms with E-state index in [9.17, 15) is 39.9 Å². The topological polar surface area (TPSA) is 225 Å². The Morgan fingerprint density at radius 3 is 2.23 bits per heavy atom. The number of nitrogens with one attached hydrogen (secondary N) is 1. The third-order valence-corrected chi connectivity index (χ3v) is 13.5. The number of fused-ring (bicyclic) bond motifs is 2. The first kappa shape index (κ1) is 47.4. The molecule has 0 radical (unpaired) electrons. The van der Waals surface area contributed by atoms with Gasteiger partial charge in [-0.25, -0.2) is 4.98 Å². The first-order chi connectivity index (χ1) is 30.7. The van der Waals surface area contributed by atoms with E-state index < -0.39 is 82.1 Å². The van der Waals surface area contributed by atoms with Crippen LogP contribution in [0, 0.1) is 36.5 Å². The lowest BCUT2D eigenvalue weighted by molar-refractivity contribution is -0.112. The number of ether oxygens (including phenoxy) is 3. The molecule has 4 aromatic rings. The highest BCUT2D eigenvalue weighted by Gasteiger charge is 2.44. The molecule has 16 nitrogen and oxygen atoms in total. The van der Waals surface area contributed by atoms with Gasteiger partial charge < -0.3 is 54.4 Å². The summed E-state index contributed by atoms with van der Waals surface area (Å²) in [5.74, 6) is -5.68. The molecule has 16 heteroatoms. The summed E-state index contributed by atoms with van der Waals surface area (Å²) in [5, 5.41) is 60.2. The maximum Gasteiger partial charge on any atom is 0.307 e. The van der Waals surface area contributed by atoms with Crippen molar-refractivity contribution in [3.8, 4) is 11.5 Å². The highest BCUT2D eigenvalue weighted by molar-refractivity contribution is 6.16. The third kappa shape index (κ3) is 8.69. The van der Waals surface area contributed by atoms with Crippen molar-refractivity contribution in [1.29, 1.82) is 0 Å². The molecule has 1 fully saturated rings. The highest BCUT2D eigenvalue weighted by atomic mass is 16.7. The van der Waals surface area contributed by atoms with Crippen LogP contribution in [-0.4, -0.2) is 111 Å². The summed E-state index contributed by atoms with van der Waals surface area (Å²) in [7, 11) is 1.45. The summed E-state index contributed by atoms with van der Waals surface area (Å²) in [6.07, 6.45) is 3.50. The molecular weight excluding hydrogens is 837 g/mol. The van der Waals surface area contributed by atoms with Gasteiger partial charge in [0, 0.05) is 105 Å². The fourth-order valence-corrected chi connectivity index (χ4v) is 9.37. The van der Waals surface area contributed by atoms with Crippen molar-refractivity contribution in [3.63, 3.8) is 0 Å². The molecule has 9 unspecified atom stereocenters. The standard InChI is InChI=1S/C49H62N4O12/c1-23(2)22-52-15-17-53(18-16-52)30-20-31(54)37-33(21-30)64-46-38(50-37)34-35-43(58)29(8)45-36(34)47(60)49(9,65-45)63-19-14-32(62-10)26(5)41(56)28(7)42(57)27(6)40(55)24(3)12-11-13-25(4)48(61)51-39(46)44(35)59/h11-14,19-21,23-24,26-28,32,40-42,55-58,60H,15-18,22H2,1-10H3,(H,51,61)/b12-11+,19-14+,25-13-. The molecule has 65 heavy (non-hydrogen) atoms. The summed E-state index contributed by atoms with van der Waals surface area (Å²) >= 11 is 0. The quantitative estimate of drug-likeness (QED) is 0.120. The number of aliphatic hydroxyl groups is 4. The van der Waals surface area contributed by atoms with Crippen LogP contribution in [0.5, 0.6) is 11.5 Å². The number of methoxy groups -OCH3 is 1. The number of aromatic nitrogens is 1. The SMILES string of the molecule is COC1/C=C/OC2(C)Oc3c(C)c(O)c4c(=O)c(c5oc6cc(N7CCN(CC(C)C)CC7)cc(=O)c6nc5c4c3=C2O)NC(=O)/C(C)=C\C=C\C(C)C(O)C(C)C(O)C(C)C(O)C1C. The molecule has 6 N–H and O–H groups in total. The summed E-state index contributed by atoms with van der Waals surface area (Å²) in [4.78, 5) is 52.1. The van der Waals surface area contributed by atoms with Gasteiger partial charge >= 0.3 is 5.79 Å². The van der Waals surface area contributed by atoms with E-state index in [0.717, 1.165) is 19.6 Å². The van der Waals surface area contributed by atoms with E-state index >= 15 is 0 Å². The van der Waals surface area contributed by atoms with Crippen LogP contribution in [0.4, 0.5) is 11.4 Å². The van der Waals surface area contributed by atoms with E-state index in [0.29, 0.717) is 24.7 Å². The zero-order valence-electron chi connectivity index (χ0n) is 38.7. The lowest BCUT2D eigenvalue weighted by atomic mass is 9.78. The molecule has 3 aliphatic rings. The molecule has 1 saturated heterocycles. The lowest BCUT2D eigenvalue weighted by Crippen LogP contribution is -2.47. The van der Waals surface area contributed by atoms with E-state index in [1.165, 1.54) is 52.4 Å². The van der Waals surface area contributed by atoms with Crippen LogP contribution in [0.2, 0.25) is 0 Å². The number of phenols is 1. The largest absolute Gasteiger partial charge is 0.507 e. The van der Waals surface area contributed by atoms with Crippen molar-refractivity contribution < 1.29 is 49.0 Å². The Kier molecular flexibility index (Phi) is 13.4. The van der Waals surface area contributed by atoms with Crippen LogP contribution in [0.15, 0.2) is 62.3 Å². The average Bonchev–Trinajstić information content (AvgIpc) is 3.54. The Balaban J connectivity index is 1.46. The smallest absolute Gasteiger partial charge is 0.307 e. The maximum absolute atomic E-state index is 14.8. The summed E-state index contributed by atoms with van der Waals surface area (Å²) in [6, 6.07) is 3.17. The van der Waals surface area contributed by atoms with Crippen molar-refractivity contribution in [1.82, 2.24) is 9.88 Å². The van der Waals surface area contributed by atoms with Crippen molar-refractivity contribution in [2.75, 3.05) is 50.1 Å². The minimum absolute atomic E-state index is 0.0337. The number of hydrogen-bond donors (Lipinski definition) is 6. The van der Waals surface area contributed by atoms with Crippen LogP contribution in [-0.2, 0) is 14.3 Å². The van der Waals surface area contributed by atoms with Gasteiger partial charge in [-0.2, -0.15) is 0 Å². The van der Waals surface area contributed by atoms with Crippen molar-refractivity contribution >= 4 is 56.0 Å². The molecule has 4 bridgehead atoms. The number of phenolic OH excluding ortho intramolecular Hbond substituents is 1. The maximum atomic E-state index is 14.8. The Bertz CT molecular complexity index is 2780. The van der Waals surface area contributed by atoms with Crippen LogP contribution < -0.4 is 31.0 Å². The number of carbonyl (C=O) groups is 1. The predicted molar refractivity (Wildman–Crippen MR) is 249 cm³/mol. The Labute approximate surface area is 377 Å². The number of carbonyl (C=O) groups excluding carboxylic acids is 1. The minimum atomic E-state index is -1.95. The Hall–Kier alpha value is -5.52. The van der Waals surface area contributed by atoms with Gasteiger partial charge in [-0.15, -0.1) is 0 Å². The Morgan fingerprint density at radius 2 is 1.57 bits per heavy atom. The number of aliphatic hydroxyl groups excluding tert-OH is 4. The first-order valence-electron chi connectivity index (χ1n) is 22.3. The summed E-state index contributed by atoms with van der Waals surface area (Å²) < 4.78 is 24.5. The third-order valence-electron chi connectivity index (χ3n) is 13.5. The molecule has 0 saturated carbocycles. The molecule has 350 valence electrons. The number of anilines is 2. The van der Waals surface area contributed by atoms with Gasteiger partial charge in [0.2, 0.25) is 10.9 Å². The molecule has 1 amide bonds. The van der Waals surface area contributed by atoms with Gasteiger partial charge in [-0.3, -0.25) is 19.3 Å². The zero-order valence-corrected chi connectivity index (χ0v) is 38.7. The van der Waals surface area contributed by atoms with Gasteiger partial charge in [0.15, 0.2) is 22.4 Å². The van der Waals surface area contributed by atoms with Crippen molar-refractivity contribution in [2.24, 2.45) is 29.6 Å². The second kappa shape index (κ2) is 18.4. The van der Waals surface area contributed by atoms with Gasteiger partial charge in [0.1, 0.15) is 22.7 Å². The number of piperazine rings is 1. The monoisotopic (exact) mass is 898 g/mol. The molecule has 4 heterocycles. The zero-order chi connectivity index (χ0) is 47.4. The van der Waals surface area contributed by atoms with Gasteiger partial charge in [-0.1, -0.05) is 59.8 Å². The molecule has 3 aromatic carbocycles. The second-order valence-corrected chi connectivity index (χ2v) is 18.6. The number of benzene rings is 3. The van der Waals surface area contributed by atoms with E-state index in [2.05, 4.69) is 29.0 Å². The van der Waals surface area contributed by atoms with E-state index in [1.807, 2.05) is 0 Å². The van der Waals surface area contributed by atoms with E-state index in [-0.39, 0.29) is 60.8 Å². The van der Waals surface area contributed by atoms with E-state index in [4.69, 9.17) is 23.6 Å². The van der Waals surface area contributed by atoms with Crippen molar-refractivity contribution in [2.45, 2.75) is 92.5 Å². The molecular formula is C49H62N4O12. The number of rotatable bonds is 4. The molecule has 3 aliphatic heterocycles. The summed E-state index contributed by atoms with van der Waals surface area (Å²) in [5.41, 5.74) is -1.25. The van der Waals surface area contributed by atoms with Crippen LogP contribution in [0.1, 0.15) is 61.0 Å². The van der Waals surface area contributed by atoms with Crippen LogP contribution in [0.25, 0.3) is 38.7 Å². The Morgan fingerprint density at radius 1 is 0.908 bits per heavy atom. The molecule has 0 spiro atoms. The fraction of sp³-hybridized carbons (Fsp3) is 0.510.